The van der Waals surface area contributed by atoms with Gasteiger partial charge in [-0.1, -0.05) is 0 Å². The molecule has 0 saturated carbocycles. The first-order valence-corrected chi connectivity index (χ1v) is 10.0. The van der Waals surface area contributed by atoms with Gasteiger partial charge in [0.15, 0.2) is 5.75 Å². The van der Waals surface area contributed by atoms with E-state index in [1.165, 1.54) is 0 Å². The number of aliphatic hydroxyl groups is 1. The second-order valence-electron chi connectivity index (χ2n) is 4.09. The van der Waals surface area contributed by atoms with Gasteiger partial charge >= 0.3 is 20.3 Å². The summed E-state index contributed by atoms with van der Waals surface area (Å²) in [4.78, 5) is 35.9. The predicted octanol–water partition coefficient (Wildman–Crippen LogP) is -0.210. The summed E-state index contributed by atoms with van der Waals surface area (Å²) in [5, 5.41) is 6.50. The Labute approximate surface area is 102 Å². The zero-order valence-electron chi connectivity index (χ0n) is 9.10. The molecule has 1 heterocycles. The van der Waals surface area contributed by atoms with Crippen molar-refractivity contribution in [2.45, 2.75) is 24.3 Å². The molecule has 0 aliphatic carbocycles. The number of rotatable bonds is 4. The average molecular weight is 307 g/mol. The van der Waals surface area contributed by atoms with Crippen molar-refractivity contribution < 1.29 is 33.8 Å². The van der Waals surface area contributed by atoms with Crippen LogP contribution < -0.4 is 0 Å². The predicted molar refractivity (Wildman–Crippen MR) is 64.9 cm³/mol. The summed E-state index contributed by atoms with van der Waals surface area (Å²) in [6.07, 6.45) is 2.73. The molecule has 1 aliphatic heterocycles. The summed E-state index contributed by atoms with van der Waals surface area (Å²) < 4.78 is 22.3. The third-order valence-corrected chi connectivity index (χ3v) is 9.43. The third kappa shape index (κ3) is 3.55. The fourth-order valence-corrected chi connectivity index (χ4v) is 7.71. The molecule has 102 valence electrons. The van der Waals surface area contributed by atoms with Gasteiger partial charge in [0.1, 0.15) is 11.5 Å². The Kier molecular flexibility index (Phi) is 4.89. The average Bonchev–Trinajstić information content (AvgIpc) is 2.15. The van der Waals surface area contributed by atoms with E-state index in [2.05, 4.69) is 0 Å². The van der Waals surface area contributed by atoms with Crippen molar-refractivity contribution in [1.29, 1.82) is 0 Å². The van der Waals surface area contributed by atoms with Crippen molar-refractivity contribution in [2.24, 2.45) is 0 Å². The van der Waals surface area contributed by atoms with Crippen molar-refractivity contribution >= 4 is 26.1 Å². The third-order valence-electron chi connectivity index (χ3n) is 2.70. The first-order chi connectivity index (χ1) is 7.58. The van der Waals surface area contributed by atoms with Crippen LogP contribution in [0, 0.1) is 0 Å². The molecule has 0 aromatic heterocycles. The monoisotopic (exact) mass is 307 g/mol. The Morgan fingerprint density at radius 3 is 1.71 bits per heavy atom. The zero-order valence-corrected chi connectivity index (χ0v) is 11.7. The standard InChI is InChI=1S/C7H16O7P2S/c8-7(15(9,10)11,16(12,13)14)6-17-4-2-1-3-5-17/h8H,1-6H2,(H3-,9,10,11,12,13,14)/p+1. The van der Waals surface area contributed by atoms with Crippen LogP contribution in [0.15, 0.2) is 0 Å². The number of hydrogen-bond donors (Lipinski definition) is 5. The highest BCUT2D eigenvalue weighted by molar-refractivity contribution is 7.97. The summed E-state index contributed by atoms with van der Waals surface area (Å²) in [5.74, 6) is 0.784. The van der Waals surface area contributed by atoms with Crippen molar-refractivity contribution in [2.75, 3.05) is 17.3 Å². The lowest BCUT2D eigenvalue weighted by molar-refractivity contribution is 0.149. The van der Waals surface area contributed by atoms with Gasteiger partial charge in [0.25, 0.3) is 0 Å². The molecular weight excluding hydrogens is 290 g/mol. The van der Waals surface area contributed by atoms with Gasteiger partial charge in [-0.15, -0.1) is 0 Å². The maximum absolute atomic E-state index is 11.1. The molecule has 0 atom stereocenters. The zero-order chi connectivity index (χ0) is 13.3. The van der Waals surface area contributed by atoms with E-state index in [0.29, 0.717) is 11.5 Å². The second-order valence-corrected chi connectivity index (χ2v) is 10.4. The summed E-state index contributed by atoms with van der Waals surface area (Å²) in [5.41, 5.74) is 0. The van der Waals surface area contributed by atoms with Gasteiger partial charge in [-0.05, 0) is 30.2 Å². The normalized spacial score (nSPS) is 20.5. The van der Waals surface area contributed by atoms with E-state index < -0.39 is 36.9 Å². The van der Waals surface area contributed by atoms with Gasteiger partial charge in [-0.3, -0.25) is 9.13 Å². The Morgan fingerprint density at radius 2 is 1.35 bits per heavy atom. The molecule has 0 aromatic rings. The van der Waals surface area contributed by atoms with Crippen LogP contribution >= 0.6 is 15.2 Å². The molecule has 1 rings (SSSR count). The van der Waals surface area contributed by atoms with E-state index in [-0.39, 0.29) is 0 Å². The van der Waals surface area contributed by atoms with Crippen LogP contribution in [-0.2, 0) is 20.0 Å². The molecule has 1 saturated heterocycles. The van der Waals surface area contributed by atoms with Crippen LogP contribution in [-0.4, -0.2) is 47.0 Å². The molecule has 0 radical (unpaired) electrons. The fourth-order valence-electron chi connectivity index (χ4n) is 1.65. The Morgan fingerprint density at radius 1 is 0.941 bits per heavy atom. The number of hydrogen-bond acceptors (Lipinski definition) is 3. The molecule has 0 spiro atoms. The molecular formula is C7H17O7P2S+. The van der Waals surface area contributed by atoms with Crippen molar-refractivity contribution in [1.82, 2.24) is 0 Å². The highest BCUT2D eigenvalue weighted by Gasteiger charge is 2.63. The Balaban J connectivity index is 2.92. The quantitative estimate of drug-likeness (QED) is 0.358. The summed E-state index contributed by atoms with van der Waals surface area (Å²) in [6, 6.07) is 0. The molecule has 7 nitrogen and oxygen atoms in total. The van der Waals surface area contributed by atoms with E-state index in [0.717, 1.165) is 19.3 Å². The second kappa shape index (κ2) is 5.31. The van der Waals surface area contributed by atoms with Crippen LogP contribution in [0.2, 0.25) is 0 Å². The maximum Gasteiger partial charge on any atom is 0.374 e. The lowest BCUT2D eigenvalue weighted by atomic mass is 10.3. The van der Waals surface area contributed by atoms with Crippen LogP contribution in [0.4, 0.5) is 0 Å². The molecule has 10 heteroatoms. The van der Waals surface area contributed by atoms with E-state index >= 15 is 0 Å². The minimum atomic E-state index is -5.28. The van der Waals surface area contributed by atoms with Crippen molar-refractivity contribution in [3.63, 3.8) is 0 Å². The minimum absolute atomic E-state index is 0.526. The molecule has 1 aliphatic rings. The first kappa shape index (κ1) is 15.7. The molecule has 1 fully saturated rings. The van der Waals surface area contributed by atoms with Gasteiger partial charge in [-0.2, -0.15) is 0 Å². The minimum Gasteiger partial charge on any atom is -0.364 e. The SMILES string of the molecule is O=P(O)(O)C(O)(C[S+]1CCCCC1)P(=O)(O)O. The van der Waals surface area contributed by atoms with Crippen LogP contribution in [0.25, 0.3) is 0 Å². The fraction of sp³-hybridized carbons (Fsp3) is 1.00. The maximum atomic E-state index is 11.1. The van der Waals surface area contributed by atoms with Crippen LogP contribution in [0.5, 0.6) is 0 Å². The molecule has 0 aromatic carbocycles. The summed E-state index contributed by atoms with van der Waals surface area (Å²) >= 11 is 0. The Hall–Kier alpha value is 0.610. The van der Waals surface area contributed by atoms with Gasteiger partial charge in [0.05, 0.1) is 0 Å². The molecule has 0 bridgehead atoms. The molecule has 17 heavy (non-hydrogen) atoms. The summed E-state index contributed by atoms with van der Waals surface area (Å²) in [7, 11) is -11.1. The van der Waals surface area contributed by atoms with Gasteiger partial charge in [0.2, 0.25) is 0 Å². The van der Waals surface area contributed by atoms with E-state index in [9.17, 15) is 14.2 Å². The van der Waals surface area contributed by atoms with Crippen LogP contribution in [0.3, 0.4) is 0 Å². The van der Waals surface area contributed by atoms with Gasteiger partial charge < -0.3 is 24.7 Å². The van der Waals surface area contributed by atoms with Gasteiger partial charge in [-0.25, -0.2) is 0 Å². The molecule has 0 amide bonds. The summed E-state index contributed by atoms with van der Waals surface area (Å²) in [6.45, 7) is 0. The van der Waals surface area contributed by atoms with Crippen molar-refractivity contribution in [3.8, 4) is 0 Å². The van der Waals surface area contributed by atoms with E-state index in [1.54, 1.807) is 0 Å². The Bertz CT molecular complexity index is 333. The highest BCUT2D eigenvalue weighted by Crippen LogP contribution is 2.67. The topological polar surface area (TPSA) is 135 Å². The smallest absolute Gasteiger partial charge is 0.364 e. The lowest BCUT2D eigenvalue weighted by Crippen LogP contribution is -2.39. The van der Waals surface area contributed by atoms with E-state index in [1.807, 2.05) is 0 Å². The lowest BCUT2D eigenvalue weighted by Gasteiger charge is -2.29. The van der Waals surface area contributed by atoms with Crippen molar-refractivity contribution in [3.05, 3.63) is 0 Å². The highest BCUT2D eigenvalue weighted by atomic mass is 32.2. The van der Waals surface area contributed by atoms with Gasteiger partial charge in [0, 0.05) is 0 Å². The largest absolute Gasteiger partial charge is 0.374 e. The van der Waals surface area contributed by atoms with E-state index in [4.69, 9.17) is 19.6 Å². The van der Waals surface area contributed by atoms with Crippen LogP contribution in [0.1, 0.15) is 19.3 Å². The molecule has 5 N–H and O–H groups in total. The molecule has 0 unspecified atom stereocenters. The first-order valence-electron chi connectivity index (χ1n) is 5.06.